The van der Waals surface area contributed by atoms with Crippen molar-refractivity contribution in [2.45, 2.75) is 19.3 Å². The Kier molecular flexibility index (Phi) is 3.47. The molecule has 1 heterocycles. The molecule has 1 aromatic rings. The van der Waals surface area contributed by atoms with E-state index in [1.807, 2.05) is 6.08 Å². The summed E-state index contributed by atoms with van der Waals surface area (Å²) in [5.41, 5.74) is 2.49. The maximum atomic E-state index is 3.78. The molecule has 1 saturated heterocycles. The Morgan fingerprint density at radius 1 is 1.20 bits per heavy atom. The fraction of sp³-hybridized carbons (Fsp3) is 0.385. The SMILES string of the molecule is C=Cc1ccc(N2CCCCC2)c(Br)c1. The van der Waals surface area contributed by atoms with Gasteiger partial charge in [-0.3, -0.25) is 0 Å². The third-order valence-corrected chi connectivity index (χ3v) is 3.54. The predicted octanol–water partition coefficient (Wildman–Crippen LogP) is 4.08. The van der Waals surface area contributed by atoms with Crippen LogP contribution in [0.4, 0.5) is 5.69 Å². The van der Waals surface area contributed by atoms with E-state index < -0.39 is 0 Å². The number of benzene rings is 1. The molecule has 1 aliphatic heterocycles. The number of anilines is 1. The summed E-state index contributed by atoms with van der Waals surface area (Å²) in [6.07, 6.45) is 5.88. The van der Waals surface area contributed by atoms with Gasteiger partial charge in [0.05, 0.1) is 5.69 Å². The zero-order valence-electron chi connectivity index (χ0n) is 8.88. The van der Waals surface area contributed by atoms with Crippen molar-refractivity contribution in [1.29, 1.82) is 0 Å². The molecule has 0 aromatic heterocycles. The van der Waals surface area contributed by atoms with E-state index in [1.165, 1.54) is 48.1 Å². The molecule has 0 spiro atoms. The van der Waals surface area contributed by atoms with Crippen LogP contribution in [0.25, 0.3) is 6.08 Å². The molecule has 0 bridgehead atoms. The van der Waals surface area contributed by atoms with Gasteiger partial charge in [-0.15, -0.1) is 0 Å². The first-order valence-electron chi connectivity index (χ1n) is 5.48. The van der Waals surface area contributed by atoms with E-state index in [0.717, 1.165) is 0 Å². The van der Waals surface area contributed by atoms with Crippen molar-refractivity contribution < 1.29 is 0 Å². The zero-order valence-corrected chi connectivity index (χ0v) is 10.5. The molecule has 1 nitrogen and oxygen atoms in total. The maximum absolute atomic E-state index is 3.78. The fourth-order valence-electron chi connectivity index (χ4n) is 2.04. The summed E-state index contributed by atoms with van der Waals surface area (Å²) < 4.78 is 1.18. The molecule has 0 aliphatic carbocycles. The van der Waals surface area contributed by atoms with Crippen LogP contribution in [0, 0.1) is 0 Å². The molecule has 0 radical (unpaired) electrons. The predicted molar refractivity (Wildman–Crippen MR) is 70.3 cm³/mol. The summed E-state index contributed by atoms with van der Waals surface area (Å²) in [6.45, 7) is 6.15. The molecule has 0 saturated carbocycles. The van der Waals surface area contributed by atoms with Crippen LogP contribution in [0.2, 0.25) is 0 Å². The van der Waals surface area contributed by atoms with E-state index >= 15 is 0 Å². The van der Waals surface area contributed by atoms with Gasteiger partial charge in [-0.25, -0.2) is 0 Å². The van der Waals surface area contributed by atoms with Crippen molar-refractivity contribution in [2.24, 2.45) is 0 Å². The molecule has 1 fully saturated rings. The summed E-state index contributed by atoms with van der Waals surface area (Å²) in [5, 5.41) is 0. The van der Waals surface area contributed by atoms with Gasteiger partial charge in [-0.2, -0.15) is 0 Å². The normalized spacial score (nSPS) is 16.5. The number of piperidine rings is 1. The number of hydrogen-bond acceptors (Lipinski definition) is 1. The van der Waals surface area contributed by atoms with Crippen molar-refractivity contribution in [3.05, 3.63) is 34.8 Å². The van der Waals surface area contributed by atoms with Crippen LogP contribution in [0.15, 0.2) is 29.3 Å². The second-order valence-electron chi connectivity index (χ2n) is 3.96. The third-order valence-electron chi connectivity index (χ3n) is 2.90. The van der Waals surface area contributed by atoms with Gasteiger partial charge in [0.2, 0.25) is 0 Å². The molecule has 2 rings (SSSR count). The Bertz CT molecular complexity index is 354. The number of nitrogens with zero attached hydrogens (tertiary/aromatic N) is 1. The largest absolute Gasteiger partial charge is 0.371 e. The minimum absolute atomic E-state index is 1.17. The third kappa shape index (κ3) is 2.43. The summed E-state index contributed by atoms with van der Waals surface area (Å²) >= 11 is 3.63. The average molecular weight is 266 g/mol. The highest BCUT2D eigenvalue weighted by atomic mass is 79.9. The second-order valence-corrected chi connectivity index (χ2v) is 4.82. The summed E-state index contributed by atoms with van der Waals surface area (Å²) in [5.74, 6) is 0. The van der Waals surface area contributed by atoms with Gasteiger partial charge in [0.25, 0.3) is 0 Å². The molecular formula is C13H16BrN. The van der Waals surface area contributed by atoms with Gasteiger partial charge in [-0.05, 0) is 52.9 Å². The van der Waals surface area contributed by atoms with Crippen LogP contribution in [0.1, 0.15) is 24.8 Å². The van der Waals surface area contributed by atoms with E-state index in [1.54, 1.807) is 0 Å². The second kappa shape index (κ2) is 4.84. The van der Waals surface area contributed by atoms with Crippen molar-refractivity contribution in [1.82, 2.24) is 0 Å². The molecule has 0 amide bonds. The first-order valence-corrected chi connectivity index (χ1v) is 6.27. The summed E-state index contributed by atoms with van der Waals surface area (Å²) in [7, 11) is 0. The Morgan fingerprint density at radius 2 is 1.93 bits per heavy atom. The van der Waals surface area contributed by atoms with E-state index in [2.05, 4.69) is 45.6 Å². The molecule has 15 heavy (non-hydrogen) atoms. The van der Waals surface area contributed by atoms with Gasteiger partial charge in [0.15, 0.2) is 0 Å². The van der Waals surface area contributed by atoms with Crippen LogP contribution in [0.3, 0.4) is 0 Å². The Hall–Kier alpha value is -0.760. The Balaban J connectivity index is 2.23. The van der Waals surface area contributed by atoms with E-state index in [-0.39, 0.29) is 0 Å². The van der Waals surface area contributed by atoms with Gasteiger partial charge in [-0.1, -0.05) is 18.7 Å². The lowest BCUT2D eigenvalue weighted by Crippen LogP contribution is -2.29. The Morgan fingerprint density at radius 3 is 2.53 bits per heavy atom. The summed E-state index contributed by atoms with van der Waals surface area (Å²) in [6, 6.07) is 6.45. The molecule has 0 atom stereocenters. The van der Waals surface area contributed by atoms with Crippen molar-refractivity contribution >= 4 is 27.7 Å². The molecule has 2 heteroatoms. The fourth-order valence-corrected chi connectivity index (χ4v) is 2.69. The lowest BCUT2D eigenvalue weighted by Gasteiger charge is -2.29. The standard InChI is InChI=1S/C13H16BrN/c1-2-11-6-7-13(12(14)10-11)15-8-4-3-5-9-15/h2,6-7,10H,1,3-5,8-9H2. The topological polar surface area (TPSA) is 3.24 Å². The highest BCUT2D eigenvalue weighted by Gasteiger charge is 2.13. The van der Waals surface area contributed by atoms with Crippen LogP contribution < -0.4 is 4.90 Å². The van der Waals surface area contributed by atoms with Crippen LogP contribution in [0.5, 0.6) is 0 Å². The maximum Gasteiger partial charge on any atom is 0.0511 e. The average Bonchev–Trinajstić information content (AvgIpc) is 2.30. The van der Waals surface area contributed by atoms with Gasteiger partial charge >= 0.3 is 0 Å². The van der Waals surface area contributed by atoms with Crippen LogP contribution in [-0.4, -0.2) is 13.1 Å². The zero-order chi connectivity index (χ0) is 10.7. The highest BCUT2D eigenvalue weighted by Crippen LogP contribution is 2.29. The summed E-state index contributed by atoms with van der Waals surface area (Å²) in [4.78, 5) is 2.46. The number of rotatable bonds is 2. The monoisotopic (exact) mass is 265 g/mol. The minimum Gasteiger partial charge on any atom is -0.371 e. The van der Waals surface area contributed by atoms with Gasteiger partial charge < -0.3 is 4.90 Å². The van der Waals surface area contributed by atoms with E-state index in [9.17, 15) is 0 Å². The number of halogens is 1. The van der Waals surface area contributed by atoms with Crippen molar-refractivity contribution in [3.63, 3.8) is 0 Å². The van der Waals surface area contributed by atoms with Crippen LogP contribution in [-0.2, 0) is 0 Å². The molecule has 0 unspecified atom stereocenters. The Labute approximate surface area is 99.9 Å². The van der Waals surface area contributed by atoms with E-state index in [0.29, 0.717) is 0 Å². The van der Waals surface area contributed by atoms with Crippen molar-refractivity contribution in [2.75, 3.05) is 18.0 Å². The van der Waals surface area contributed by atoms with Crippen molar-refractivity contribution in [3.8, 4) is 0 Å². The van der Waals surface area contributed by atoms with E-state index in [4.69, 9.17) is 0 Å². The molecule has 0 N–H and O–H groups in total. The van der Waals surface area contributed by atoms with Gasteiger partial charge in [0, 0.05) is 17.6 Å². The lowest BCUT2D eigenvalue weighted by molar-refractivity contribution is 0.577. The van der Waals surface area contributed by atoms with Crippen LogP contribution >= 0.6 is 15.9 Å². The van der Waals surface area contributed by atoms with Gasteiger partial charge in [0.1, 0.15) is 0 Å². The number of hydrogen-bond donors (Lipinski definition) is 0. The highest BCUT2D eigenvalue weighted by molar-refractivity contribution is 9.10. The smallest absolute Gasteiger partial charge is 0.0511 e. The molecule has 1 aliphatic rings. The first-order chi connectivity index (χ1) is 7.31. The lowest BCUT2D eigenvalue weighted by atomic mass is 10.1. The minimum atomic E-state index is 1.17. The molecular weight excluding hydrogens is 250 g/mol. The molecule has 1 aromatic carbocycles. The molecule has 80 valence electrons. The first kappa shape index (κ1) is 10.7. The quantitative estimate of drug-likeness (QED) is 0.779.